The molecule has 1 saturated heterocycles. The molecular formula is C14H23N3O. The maximum Gasteiger partial charge on any atom is 0.118 e. The molecule has 0 aromatic carbocycles. The van der Waals surface area contributed by atoms with Crippen molar-refractivity contribution in [3.05, 3.63) is 23.2 Å². The highest BCUT2D eigenvalue weighted by Crippen LogP contribution is 2.27. The van der Waals surface area contributed by atoms with Gasteiger partial charge in [0, 0.05) is 44.3 Å². The molecule has 1 aliphatic carbocycles. The van der Waals surface area contributed by atoms with Crippen molar-refractivity contribution in [3.63, 3.8) is 0 Å². The van der Waals surface area contributed by atoms with Gasteiger partial charge in [-0.05, 0) is 25.8 Å². The highest BCUT2D eigenvalue weighted by Gasteiger charge is 2.31. The van der Waals surface area contributed by atoms with Crippen LogP contribution in [0.5, 0.6) is 0 Å². The first-order valence-corrected chi connectivity index (χ1v) is 7.01. The highest BCUT2D eigenvalue weighted by molar-refractivity contribution is 5.20. The van der Waals surface area contributed by atoms with Crippen LogP contribution in [0, 0.1) is 6.92 Å². The fraction of sp³-hybridized carbons (Fsp3) is 0.714. The highest BCUT2D eigenvalue weighted by atomic mass is 16.3. The molecule has 18 heavy (non-hydrogen) atoms. The Balaban J connectivity index is 1.54. The van der Waals surface area contributed by atoms with E-state index in [2.05, 4.69) is 15.9 Å². The first kappa shape index (κ1) is 12.2. The van der Waals surface area contributed by atoms with Crippen molar-refractivity contribution in [2.24, 2.45) is 5.73 Å². The van der Waals surface area contributed by atoms with Crippen molar-refractivity contribution in [2.45, 2.75) is 38.9 Å². The van der Waals surface area contributed by atoms with Crippen molar-refractivity contribution in [3.8, 4) is 0 Å². The minimum Gasteiger partial charge on any atom is -0.465 e. The van der Waals surface area contributed by atoms with Gasteiger partial charge in [0.1, 0.15) is 11.5 Å². The average Bonchev–Trinajstić information content (AvgIpc) is 3.17. The Morgan fingerprint density at radius 3 is 2.56 bits per heavy atom. The summed E-state index contributed by atoms with van der Waals surface area (Å²) in [5.41, 5.74) is 6.91. The Morgan fingerprint density at radius 1 is 1.28 bits per heavy atom. The number of piperazine rings is 1. The second kappa shape index (κ2) is 5.03. The second-order valence-electron chi connectivity index (χ2n) is 5.54. The van der Waals surface area contributed by atoms with Gasteiger partial charge in [0.2, 0.25) is 0 Å². The van der Waals surface area contributed by atoms with E-state index in [-0.39, 0.29) is 0 Å². The van der Waals surface area contributed by atoms with Crippen molar-refractivity contribution < 1.29 is 4.42 Å². The number of hydrogen-bond donors (Lipinski definition) is 1. The van der Waals surface area contributed by atoms with E-state index in [0.29, 0.717) is 6.54 Å². The summed E-state index contributed by atoms with van der Waals surface area (Å²) in [7, 11) is 0. The van der Waals surface area contributed by atoms with E-state index in [1.54, 1.807) is 0 Å². The summed E-state index contributed by atoms with van der Waals surface area (Å²) in [4.78, 5) is 5.17. The Bertz CT molecular complexity index is 403. The molecule has 0 unspecified atom stereocenters. The lowest BCUT2D eigenvalue weighted by atomic mass is 10.2. The zero-order chi connectivity index (χ0) is 12.5. The van der Waals surface area contributed by atoms with Crippen molar-refractivity contribution in [1.29, 1.82) is 0 Å². The lowest BCUT2D eigenvalue weighted by Gasteiger charge is -2.34. The zero-order valence-corrected chi connectivity index (χ0v) is 11.2. The predicted octanol–water partition coefficient (Wildman–Crippen LogP) is 1.33. The van der Waals surface area contributed by atoms with Gasteiger partial charge < -0.3 is 10.2 Å². The molecule has 4 heteroatoms. The summed E-state index contributed by atoms with van der Waals surface area (Å²) < 4.78 is 5.61. The van der Waals surface area contributed by atoms with Gasteiger partial charge in [-0.15, -0.1) is 0 Å². The molecule has 3 rings (SSSR count). The average molecular weight is 249 g/mol. The SMILES string of the molecule is Cc1oc(CN)cc1CN1CCN(C2CC2)CC1. The Hall–Kier alpha value is -0.840. The third-order valence-corrected chi connectivity index (χ3v) is 4.14. The molecule has 0 spiro atoms. The molecule has 0 radical (unpaired) electrons. The second-order valence-corrected chi connectivity index (χ2v) is 5.54. The summed E-state index contributed by atoms with van der Waals surface area (Å²) in [5, 5.41) is 0. The van der Waals surface area contributed by atoms with Crippen LogP contribution < -0.4 is 5.73 Å². The van der Waals surface area contributed by atoms with Gasteiger partial charge in [-0.1, -0.05) is 0 Å². The largest absolute Gasteiger partial charge is 0.465 e. The zero-order valence-electron chi connectivity index (χ0n) is 11.2. The van der Waals surface area contributed by atoms with E-state index in [9.17, 15) is 0 Å². The van der Waals surface area contributed by atoms with Crippen molar-refractivity contribution in [2.75, 3.05) is 26.2 Å². The third-order valence-electron chi connectivity index (χ3n) is 4.14. The van der Waals surface area contributed by atoms with Gasteiger partial charge in [0.25, 0.3) is 0 Å². The number of nitrogens with two attached hydrogens (primary N) is 1. The molecule has 0 bridgehead atoms. The van der Waals surface area contributed by atoms with Gasteiger partial charge in [0.15, 0.2) is 0 Å². The van der Waals surface area contributed by atoms with Crippen LogP contribution >= 0.6 is 0 Å². The van der Waals surface area contributed by atoms with Crippen molar-refractivity contribution >= 4 is 0 Å². The van der Waals surface area contributed by atoms with Gasteiger partial charge >= 0.3 is 0 Å². The molecule has 2 aliphatic rings. The lowest BCUT2D eigenvalue weighted by Crippen LogP contribution is -2.46. The molecule has 100 valence electrons. The van der Waals surface area contributed by atoms with Crippen LogP contribution in [0.4, 0.5) is 0 Å². The summed E-state index contributed by atoms with van der Waals surface area (Å²) >= 11 is 0. The first-order chi connectivity index (χ1) is 8.76. The number of rotatable bonds is 4. The number of nitrogens with zero attached hydrogens (tertiary/aromatic N) is 2. The van der Waals surface area contributed by atoms with Crippen LogP contribution in [0.1, 0.15) is 29.9 Å². The molecule has 2 fully saturated rings. The van der Waals surface area contributed by atoms with E-state index in [4.69, 9.17) is 10.2 Å². The molecule has 0 atom stereocenters. The number of furan rings is 1. The minimum atomic E-state index is 0.496. The van der Waals surface area contributed by atoms with E-state index >= 15 is 0 Å². The van der Waals surface area contributed by atoms with Crippen LogP contribution in [-0.2, 0) is 13.1 Å². The molecule has 2 heterocycles. The number of hydrogen-bond acceptors (Lipinski definition) is 4. The fourth-order valence-corrected chi connectivity index (χ4v) is 2.81. The minimum absolute atomic E-state index is 0.496. The Labute approximate surface area is 109 Å². The van der Waals surface area contributed by atoms with Crippen LogP contribution in [0.25, 0.3) is 0 Å². The molecule has 1 aliphatic heterocycles. The lowest BCUT2D eigenvalue weighted by molar-refractivity contribution is 0.121. The van der Waals surface area contributed by atoms with E-state index in [1.807, 2.05) is 6.92 Å². The molecule has 1 aromatic rings. The summed E-state index contributed by atoms with van der Waals surface area (Å²) in [6.07, 6.45) is 2.83. The first-order valence-electron chi connectivity index (χ1n) is 7.01. The topological polar surface area (TPSA) is 45.6 Å². The summed E-state index contributed by atoms with van der Waals surface area (Å²) in [6.45, 7) is 8.36. The van der Waals surface area contributed by atoms with E-state index < -0.39 is 0 Å². The maximum atomic E-state index is 5.61. The normalized spacial score (nSPS) is 22.6. The predicted molar refractivity (Wildman–Crippen MR) is 71.2 cm³/mol. The molecule has 4 nitrogen and oxygen atoms in total. The molecular weight excluding hydrogens is 226 g/mol. The Kier molecular flexibility index (Phi) is 3.41. The summed E-state index contributed by atoms with van der Waals surface area (Å²) in [5.74, 6) is 1.93. The van der Waals surface area contributed by atoms with Crippen molar-refractivity contribution in [1.82, 2.24) is 9.80 Å². The maximum absolute atomic E-state index is 5.61. The standard InChI is InChI=1S/C14H23N3O/c1-11-12(8-14(9-15)18-11)10-16-4-6-17(7-5-16)13-2-3-13/h8,13H,2-7,9-10,15H2,1H3. The Morgan fingerprint density at radius 2 is 2.00 bits per heavy atom. The van der Waals surface area contributed by atoms with Gasteiger partial charge in [-0.2, -0.15) is 0 Å². The van der Waals surface area contributed by atoms with Crippen LogP contribution in [0.2, 0.25) is 0 Å². The molecule has 0 amide bonds. The monoisotopic (exact) mass is 249 g/mol. The van der Waals surface area contributed by atoms with Crippen LogP contribution in [0.3, 0.4) is 0 Å². The fourth-order valence-electron chi connectivity index (χ4n) is 2.81. The molecule has 2 N–H and O–H groups in total. The van der Waals surface area contributed by atoms with Crippen LogP contribution in [0.15, 0.2) is 10.5 Å². The number of aryl methyl sites for hydroxylation is 1. The molecule has 1 saturated carbocycles. The van der Waals surface area contributed by atoms with Gasteiger partial charge in [-0.25, -0.2) is 0 Å². The summed E-state index contributed by atoms with van der Waals surface area (Å²) in [6, 6.07) is 3.02. The van der Waals surface area contributed by atoms with E-state index in [0.717, 1.165) is 24.1 Å². The van der Waals surface area contributed by atoms with Gasteiger partial charge in [0.05, 0.1) is 6.54 Å². The quantitative estimate of drug-likeness (QED) is 0.874. The third kappa shape index (κ3) is 2.60. The van der Waals surface area contributed by atoms with Crippen LogP contribution in [-0.4, -0.2) is 42.0 Å². The smallest absolute Gasteiger partial charge is 0.118 e. The van der Waals surface area contributed by atoms with E-state index in [1.165, 1.54) is 44.6 Å². The molecule has 1 aromatic heterocycles. The van der Waals surface area contributed by atoms with Gasteiger partial charge in [-0.3, -0.25) is 9.80 Å².